The van der Waals surface area contributed by atoms with Crippen LogP contribution < -0.4 is 9.47 Å². The van der Waals surface area contributed by atoms with Gasteiger partial charge in [-0.3, -0.25) is 9.59 Å². The van der Waals surface area contributed by atoms with Crippen LogP contribution in [0.1, 0.15) is 54.8 Å². The molecule has 8 rings (SSSR count). The van der Waals surface area contributed by atoms with Crippen LogP contribution >= 0.6 is 0 Å². The summed E-state index contributed by atoms with van der Waals surface area (Å²) in [4.78, 5) is 28.2. The zero-order valence-electron chi connectivity index (χ0n) is 18.7. The number of ketones is 2. The van der Waals surface area contributed by atoms with E-state index in [-0.39, 0.29) is 23.4 Å². The highest BCUT2D eigenvalue weighted by atomic mass is 16.5. The van der Waals surface area contributed by atoms with Crippen molar-refractivity contribution in [3.63, 3.8) is 0 Å². The summed E-state index contributed by atoms with van der Waals surface area (Å²) in [5.41, 5.74) is 6.08. The van der Waals surface area contributed by atoms with E-state index in [0.29, 0.717) is 33.8 Å². The maximum absolute atomic E-state index is 14.1. The van der Waals surface area contributed by atoms with Gasteiger partial charge >= 0.3 is 0 Å². The van der Waals surface area contributed by atoms with Crippen LogP contribution in [0.15, 0.2) is 83.9 Å². The van der Waals surface area contributed by atoms with E-state index in [2.05, 4.69) is 12.1 Å². The van der Waals surface area contributed by atoms with Crippen molar-refractivity contribution in [1.29, 1.82) is 0 Å². The Bertz CT molecular complexity index is 1510. The summed E-state index contributed by atoms with van der Waals surface area (Å²) in [6.07, 6.45) is 0. The fraction of sp³-hybridized carbons (Fsp3) is 0.133. The molecule has 0 saturated heterocycles. The van der Waals surface area contributed by atoms with Gasteiger partial charge in [0, 0.05) is 45.2 Å². The number of Topliss-reactive ketones (excluding diaryl/α,β-unsaturated/α-hetero) is 2. The van der Waals surface area contributed by atoms with Gasteiger partial charge in [0.2, 0.25) is 0 Å². The lowest BCUT2D eigenvalue weighted by molar-refractivity contribution is 0.0963. The Morgan fingerprint density at radius 2 is 1.00 bits per heavy atom. The van der Waals surface area contributed by atoms with E-state index in [9.17, 15) is 9.59 Å². The fourth-order valence-corrected chi connectivity index (χ4v) is 6.22. The Morgan fingerprint density at radius 1 is 0.588 bits per heavy atom. The van der Waals surface area contributed by atoms with E-state index in [4.69, 9.17) is 9.47 Å². The van der Waals surface area contributed by atoms with Crippen molar-refractivity contribution >= 4 is 22.3 Å². The molecule has 4 heteroatoms. The Morgan fingerprint density at radius 3 is 1.41 bits per heavy atom. The van der Waals surface area contributed by atoms with E-state index in [0.717, 1.165) is 33.0 Å². The molecule has 0 fully saturated rings. The minimum Gasteiger partial charge on any atom is -0.496 e. The van der Waals surface area contributed by atoms with Crippen LogP contribution in [0, 0.1) is 0 Å². The van der Waals surface area contributed by atoms with Gasteiger partial charge in [-0.2, -0.15) is 0 Å². The predicted molar refractivity (Wildman–Crippen MR) is 129 cm³/mol. The van der Waals surface area contributed by atoms with E-state index in [1.54, 1.807) is 14.2 Å². The molecule has 2 bridgehead atoms. The summed E-state index contributed by atoms with van der Waals surface area (Å²) in [5, 5.41) is 1.90. The third-order valence-corrected chi connectivity index (χ3v) is 7.57. The van der Waals surface area contributed by atoms with Crippen molar-refractivity contribution in [1.82, 2.24) is 0 Å². The molecule has 0 aromatic heterocycles. The van der Waals surface area contributed by atoms with Crippen LogP contribution in [0.25, 0.3) is 10.8 Å². The van der Waals surface area contributed by atoms with Gasteiger partial charge in [0.1, 0.15) is 11.5 Å². The quantitative estimate of drug-likeness (QED) is 0.391. The van der Waals surface area contributed by atoms with Crippen LogP contribution in [0.4, 0.5) is 0 Å². The molecule has 2 atom stereocenters. The highest BCUT2D eigenvalue weighted by Gasteiger charge is 2.52. The maximum Gasteiger partial charge on any atom is 0.191 e. The van der Waals surface area contributed by atoms with Crippen molar-refractivity contribution in [2.75, 3.05) is 14.2 Å². The molecule has 4 aliphatic carbocycles. The summed E-state index contributed by atoms with van der Waals surface area (Å²) in [6, 6.07) is 23.5. The van der Waals surface area contributed by atoms with Crippen LogP contribution in [0.2, 0.25) is 0 Å². The number of benzene rings is 4. The number of ether oxygens (including phenoxy) is 2. The Balaban J connectivity index is 1.58. The third-order valence-electron chi connectivity index (χ3n) is 7.57. The minimum absolute atomic E-state index is 0.0737. The first-order valence-electron chi connectivity index (χ1n) is 11.3. The highest BCUT2D eigenvalue weighted by molar-refractivity contribution is 6.30. The van der Waals surface area contributed by atoms with Crippen LogP contribution in [-0.2, 0) is 0 Å². The molecule has 0 N–H and O–H groups in total. The zero-order chi connectivity index (χ0) is 23.1. The van der Waals surface area contributed by atoms with E-state index in [1.807, 2.05) is 60.7 Å². The molecular formula is C30H20O4. The lowest BCUT2D eigenvalue weighted by atomic mass is 9.56. The van der Waals surface area contributed by atoms with Crippen LogP contribution in [0.5, 0.6) is 11.5 Å². The molecular weight excluding hydrogens is 424 g/mol. The zero-order valence-corrected chi connectivity index (χ0v) is 18.7. The van der Waals surface area contributed by atoms with Gasteiger partial charge in [0.25, 0.3) is 0 Å². The van der Waals surface area contributed by atoms with E-state index >= 15 is 0 Å². The van der Waals surface area contributed by atoms with Gasteiger partial charge in [-0.15, -0.1) is 0 Å². The summed E-state index contributed by atoms with van der Waals surface area (Å²) in [6.45, 7) is 0. The SMILES string of the molecule is COc1ccc(OC)c2c1C1C3=C(C(=O)c4cc5ccccc5cc4C3=O)C2c2ccccc21. The Kier molecular flexibility index (Phi) is 3.79. The summed E-state index contributed by atoms with van der Waals surface area (Å²) >= 11 is 0. The second-order valence-corrected chi connectivity index (χ2v) is 9.02. The summed E-state index contributed by atoms with van der Waals surface area (Å²) < 4.78 is 11.5. The average molecular weight is 444 g/mol. The van der Waals surface area contributed by atoms with Crippen LogP contribution in [-0.4, -0.2) is 25.8 Å². The number of fused-ring (bicyclic) bond motifs is 2. The molecule has 0 aliphatic heterocycles. The number of carbonyl (C=O) groups is 2. The molecule has 4 aliphatic rings. The van der Waals surface area contributed by atoms with Gasteiger partial charge in [0.05, 0.1) is 14.2 Å². The Hall–Kier alpha value is -4.18. The second kappa shape index (κ2) is 6.67. The number of hydrogen-bond donors (Lipinski definition) is 0. The lowest BCUT2D eigenvalue weighted by Crippen LogP contribution is -2.38. The number of methoxy groups -OCH3 is 2. The van der Waals surface area contributed by atoms with Crippen molar-refractivity contribution in [3.05, 3.63) is 117 Å². The van der Waals surface area contributed by atoms with Crippen molar-refractivity contribution in [2.24, 2.45) is 0 Å². The van der Waals surface area contributed by atoms with E-state index < -0.39 is 0 Å². The average Bonchev–Trinajstić information content (AvgIpc) is 2.89. The number of carbonyl (C=O) groups excluding carboxylic acids is 2. The third kappa shape index (κ3) is 2.23. The molecule has 164 valence electrons. The molecule has 4 aromatic rings. The first-order valence-corrected chi connectivity index (χ1v) is 11.3. The minimum atomic E-state index is -0.382. The molecule has 0 radical (unpaired) electrons. The van der Waals surface area contributed by atoms with Gasteiger partial charge < -0.3 is 9.47 Å². The number of allylic oxidation sites excluding steroid dienone is 2. The topological polar surface area (TPSA) is 52.6 Å². The van der Waals surface area contributed by atoms with E-state index in [1.165, 1.54) is 0 Å². The molecule has 0 heterocycles. The predicted octanol–water partition coefficient (Wildman–Crippen LogP) is 5.82. The molecule has 4 aromatic carbocycles. The first kappa shape index (κ1) is 19.3. The summed E-state index contributed by atoms with van der Waals surface area (Å²) in [7, 11) is 3.28. The monoisotopic (exact) mass is 444 g/mol. The van der Waals surface area contributed by atoms with Crippen molar-refractivity contribution < 1.29 is 19.1 Å². The maximum atomic E-state index is 14.1. The standard InChI is InChI=1S/C30H20O4/c1-33-21-11-12-22(34-2)26-24-18-10-6-5-9-17(18)23(25(21)26)27-28(24)30(32)20-14-16-8-4-3-7-15(16)13-19(20)29(27)31/h3-14,23-24H,1-2H3. The van der Waals surface area contributed by atoms with Gasteiger partial charge in [-0.1, -0.05) is 48.5 Å². The lowest BCUT2D eigenvalue weighted by Gasteiger charge is -2.45. The molecule has 2 unspecified atom stereocenters. The molecule has 34 heavy (non-hydrogen) atoms. The number of hydrogen-bond acceptors (Lipinski definition) is 4. The van der Waals surface area contributed by atoms with Crippen LogP contribution in [0.3, 0.4) is 0 Å². The molecule has 4 nitrogen and oxygen atoms in total. The molecule has 0 spiro atoms. The summed E-state index contributed by atoms with van der Waals surface area (Å²) in [5.74, 6) is 0.498. The van der Waals surface area contributed by atoms with Crippen molar-refractivity contribution in [3.8, 4) is 11.5 Å². The first-order chi connectivity index (χ1) is 16.6. The molecule has 0 saturated carbocycles. The van der Waals surface area contributed by atoms with Crippen molar-refractivity contribution in [2.45, 2.75) is 11.8 Å². The molecule has 0 amide bonds. The fourth-order valence-electron chi connectivity index (χ4n) is 6.22. The van der Waals surface area contributed by atoms with Gasteiger partial charge in [0.15, 0.2) is 11.6 Å². The highest BCUT2D eigenvalue weighted by Crippen LogP contribution is 2.61. The normalized spacial score (nSPS) is 19.5. The van der Waals surface area contributed by atoms with Gasteiger partial charge in [-0.05, 0) is 46.2 Å². The second-order valence-electron chi connectivity index (χ2n) is 9.02. The largest absolute Gasteiger partial charge is 0.496 e. The van der Waals surface area contributed by atoms with Gasteiger partial charge in [-0.25, -0.2) is 0 Å². The Labute approximate surface area is 196 Å². The number of rotatable bonds is 2. The smallest absolute Gasteiger partial charge is 0.191 e.